The third kappa shape index (κ3) is 3.42. The van der Waals surface area contributed by atoms with Gasteiger partial charge in [-0.2, -0.15) is 11.8 Å². The third-order valence-electron chi connectivity index (χ3n) is 3.07. The topological polar surface area (TPSA) is 12.0 Å². The van der Waals surface area contributed by atoms with Gasteiger partial charge in [0, 0.05) is 23.4 Å². The van der Waals surface area contributed by atoms with Crippen LogP contribution in [0, 0.1) is 11.6 Å². The monoisotopic (exact) mass is 257 g/mol. The molecule has 1 nitrogen and oxygen atoms in total. The number of thioether (sulfide) groups is 1. The zero-order valence-electron chi connectivity index (χ0n) is 9.88. The van der Waals surface area contributed by atoms with Crippen molar-refractivity contribution in [3.05, 3.63) is 35.4 Å². The minimum Gasteiger partial charge on any atom is -0.307 e. The average molecular weight is 257 g/mol. The van der Waals surface area contributed by atoms with Crippen LogP contribution >= 0.6 is 11.8 Å². The fourth-order valence-corrected chi connectivity index (χ4v) is 3.25. The van der Waals surface area contributed by atoms with Crippen molar-refractivity contribution < 1.29 is 8.78 Å². The molecule has 0 spiro atoms. The van der Waals surface area contributed by atoms with Crippen molar-refractivity contribution in [2.75, 3.05) is 11.5 Å². The van der Waals surface area contributed by atoms with Crippen molar-refractivity contribution in [3.8, 4) is 0 Å². The summed E-state index contributed by atoms with van der Waals surface area (Å²) in [6.45, 7) is 1.89. The second-order valence-corrected chi connectivity index (χ2v) is 5.62. The summed E-state index contributed by atoms with van der Waals surface area (Å²) in [6, 6.07) is 3.89. The Morgan fingerprint density at radius 3 is 2.94 bits per heavy atom. The average Bonchev–Trinajstić information content (AvgIpc) is 2.33. The molecule has 1 fully saturated rings. The van der Waals surface area contributed by atoms with Crippen LogP contribution in [-0.2, 0) is 0 Å². The summed E-state index contributed by atoms with van der Waals surface area (Å²) in [7, 11) is 0. The van der Waals surface area contributed by atoms with E-state index in [1.54, 1.807) is 0 Å². The van der Waals surface area contributed by atoms with E-state index < -0.39 is 0 Å². The highest BCUT2D eigenvalue weighted by Crippen LogP contribution is 2.22. The molecule has 0 aliphatic carbocycles. The molecule has 1 heterocycles. The second-order valence-electron chi connectivity index (χ2n) is 4.47. The standard InChI is InChI=1S/C13H17F2NS/c1-9(16-11-3-2-6-17-8-11)12-7-10(14)4-5-13(12)15/h4-5,7,9,11,16H,2-3,6,8H2,1H3. The van der Waals surface area contributed by atoms with Gasteiger partial charge in [0.2, 0.25) is 0 Å². The van der Waals surface area contributed by atoms with Gasteiger partial charge in [-0.15, -0.1) is 0 Å². The second kappa shape index (κ2) is 5.83. The maximum absolute atomic E-state index is 13.6. The molecule has 1 aromatic rings. The molecule has 0 radical (unpaired) electrons. The van der Waals surface area contributed by atoms with Crippen LogP contribution in [0.4, 0.5) is 8.78 Å². The lowest BCUT2D eigenvalue weighted by Crippen LogP contribution is -2.35. The first kappa shape index (κ1) is 12.8. The molecule has 0 bridgehead atoms. The molecule has 0 amide bonds. The van der Waals surface area contributed by atoms with Crippen LogP contribution in [-0.4, -0.2) is 17.5 Å². The molecule has 1 aliphatic heterocycles. The minimum atomic E-state index is -0.381. The Balaban J connectivity index is 2.02. The summed E-state index contributed by atoms with van der Waals surface area (Å²) in [6.07, 6.45) is 2.31. The van der Waals surface area contributed by atoms with E-state index in [2.05, 4.69) is 5.32 Å². The number of nitrogens with one attached hydrogen (secondary N) is 1. The van der Waals surface area contributed by atoms with E-state index in [9.17, 15) is 8.78 Å². The van der Waals surface area contributed by atoms with E-state index in [1.165, 1.54) is 24.3 Å². The molecule has 2 rings (SSSR count). The van der Waals surface area contributed by atoms with Gasteiger partial charge in [-0.05, 0) is 43.7 Å². The lowest BCUT2D eigenvalue weighted by atomic mass is 10.1. The highest BCUT2D eigenvalue weighted by Gasteiger charge is 2.18. The lowest BCUT2D eigenvalue weighted by molar-refractivity contribution is 0.438. The van der Waals surface area contributed by atoms with Crippen molar-refractivity contribution in [2.45, 2.75) is 31.8 Å². The fraction of sp³-hybridized carbons (Fsp3) is 0.538. The Morgan fingerprint density at radius 2 is 2.24 bits per heavy atom. The minimum absolute atomic E-state index is 0.144. The van der Waals surface area contributed by atoms with Gasteiger partial charge in [-0.1, -0.05) is 0 Å². The fourth-order valence-electron chi connectivity index (χ4n) is 2.16. The number of rotatable bonds is 3. The Morgan fingerprint density at radius 1 is 1.41 bits per heavy atom. The lowest BCUT2D eigenvalue weighted by Gasteiger charge is -2.26. The molecule has 17 heavy (non-hydrogen) atoms. The van der Waals surface area contributed by atoms with Gasteiger partial charge in [0.15, 0.2) is 0 Å². The van der Waals surface area contributed by atoms with Crippen LogP contribution in [0.25, 0.3) is 0 Å². The van der Waals surface area contributed by atoms with Gasteiger partial charge >= 0.3 is 0 Å². The maximum Gasteiger partial charge on any atom is 0.128 e. The first-order valence-electron chi connectivity index (χ1n) is 5.95. The molecule has 2 atom stereocenters. The molecule has 1 saturated heterocycles. The Bertz CT molecular complexity index is 378. The highest BCUT2D eigenvalue weighted by atomic mass is 32.2. The van der Waals surface area contributed by atoms with Crippen molar-refractivity contribution in [1.82, 2.24) is 5.32 Å². The predicted molar refractivity (Wildman–Crippen MR) is 68.3 cm³/mol. The van der Waals surface area contributed by atoms with Gasteiger partial charge in [0.25, 0.3) is 0 Å². The maximum atomic E-state index is 13.6. The zero-order valence-corrected chi connectivity index (χ0v) is 10.7. The van der Waals surface area contributed by atoms with Crippen molar-refractivity contribution >= 4 is 11.8 Å². The molecular formula is C13H17F2NS. The number of halogens is 2. The van der Waals surface area contributed by atoms with Gasteiger partial charge in [0.05, 0.1) is 0 Å². The molecule has 1 N–H and O–H groups in total. The molecule has 0 saturated carbocycles. The SMILES string of the molecule is CC(NC1CCCSC1)c1cc(F)ccc1F. The number of hydrogen-bond acceptors (Lipinski definition) is 2. The molecule has 94 valence electrons. The summed E-state index contributed by atoms with van der Waals surface area (Å²) < 4.78 is 26.6. The van der Waals surface area contributed by atoms with Gasteiger partial charge in [-0.3, -0.25) is 0 Å². The van der Waals surface area contributed by atoms with Crippen LogP contribution in [0.1, 0.15) is 31.4 Å². The summed E-state index contributed by atoms with van der Waals surface area (Å²) in [5.74, 6) is 1.55. The first-order valence-corrected chi connectivity index (χ1v) is 7.11. The van der Waals surface area contributed by atoms with Crippen LogP contribution in [0.3, 0.4) is 0 Å². The van der Waals surface area contributed by atoms with Crippen LogP contribution < -0.4 is 5.32 Å². The molecule has 4 heteroatoms. The van der Waals surface area contributed by atoms with E-state index in [4.69, 9.17) is 0 Å². The van der Waals surface area contributed by atoms with E-state index in [1.807, 2.05) is 18.7 Å². The molecule has 1 aliphatic rings. The van der Waals surface area contributed by atoms with E-state index in [-0.39, 0.29) is 17.7 Å². The third-order valence-corrected chi connectivity index (χ3v) is 4.29. The number of hydrogen-bond donors (Lipinski definition) is 1. The zero-order chi connectivity index (χ0) is 12.3. The Labute approximate surface area is 105 Å². The quantitative estimate of drug-likeness (QED) is 0.889. The van der Waals surface area contributed by atoms with E-state index in [0.29, 0.717) is 11.6 Å². The Hall–Kier alpha value is -0.610. The summed E-state index contributed by atoms with van der Waals surface area (Å²) in [4.78, 5) is 0. The van der Waals surface area contributed by atoms with Crippen LogP contribution in [0.5, 0.6) is 0 Å². The van der Waals surface area contributed by atoms with Crippen LogP contribution in [0.15, 0.2) is 18.2 Å². The van der Waals surface area contributed by atoms with E-state index in [0.717, 1.165) is 18.2 Å². The predicted octanol–water partition coefficient (Wildman–Crippen LogP) is 3.51. The highest BCUT2D eigenvalue weighted by molar-refractivity contribution is 7.99. The summed E-state index contributed by atoms with van der Waals surface area (Å²) in [5.41, 5.74) is 0.417. The molecule has 2 unspecified atom stereocenters. The summed E-state index contributed by atoms with van der Waals surface area (Å²) >= 11 is 1.92. The van der Waals surface area contributed by atoms with Crippen molar-refractivity contribution in [1.29, 1.82) is 0 Å². The number of benzene rings is 1. The first-order chi connectivity index (χ1) is 8.16. The van der Waals surface area contributed by atoms with Gasteiger partial charge in [-0.25, -0.2) is 8.78 Å². The summed E-state index contributed by atoms with van der Waals surface area (Å²) in [5, 5.41) is 3.38. The smallest absolute Gasteiger partial charge is 0.128 e. The van der Waals surface area contributed by atoms with Gasteiger partial charge < -0.3 is 5.32 Å². The molecular weight excluding hydrogens is 240 g/mol. The Kier molecular flexibility index (Phi) is 4.40. The van der Waals surface area contributed by atoms with Crippen LogP contribution in [0.2, 0.25) is 0 Å². The molecule has 1 aromatic carbocycles. The van der Waals surface area contributed by atoms with Gasteiger partial charge in [0.1, 0.15) is 11.6 Å². The molecule has 0 aromatic heterocycles. The van der Waals surface area contributed by atoms with Crippen molar-refractivity contribution in [2.24, 2.45) is 0 Å². The van der Waals surface area contributed by atoms with Crippen molar-refractivity contribution in [3.63, 3.8) is 0 Å². The largest absolute Gasteiger partial charge is 0.307 e. The normalized spacial score (nSPS) is 22.4. The van der Waals surface area contributed by atoms with E-state index >= 15 is 0 Å².